The standard InChI is InChI=1S/C19H25ClN2O5S/c1-11-5-4-6-14(11)21-18(24)22-15-8-7-13(20)17(16(15)23)28(25,26)19(2,3)12-9-27-10-12/h5,7-8,12,14,23H,4,6,9-10H2,1-3H3,(H2,21,22,24)/t14-/m1/s1. The molecule has 2 aliphatic rings. The molecular weight excluding hydrogens is 404 g/mol. The summed E-state index contributed by atoms with van der Waals surface area (Å²) in [5.41, 5.74) is 1.06. The van der Waals surface area contributed by atoms with Crippen LogP contribution >= 0.6 is 11.6 Å². The van der Waals surface area contributed by atoms with Crippen molar-refractivity contribution < 1.29 is 23.1 Å². The quantitative estimate of drug-likeness (QED) is 0.492. The molecule has 9 heteroatoms. The Morgan fingerprint density at radius 1 is 1.32 bits per heavy atom. The number of anilines is 1. The maximum atomic E-state index is 13.3. The molecule has 0 saturated carbocycles. The molecule has 1 aromatic rings. The second-order valence-electron chi connectivity index (χ2n) is 7.79. The molecular formula is C19H25ClN2O5S. The number of amides is 2. The predicted molar refractivity (Wildman–Crippen MR) is 108 cm³/mol. The van der Waals surface area contributed by atoms with Gasteiger partial charge in [-0.05, 0) is 45.7 Å². The fourth-order valence-electron chi connectivity index (χ4n) is 3.37. The lowest BCUT2D eigenvalue weighted by molar-refractivity contribution is -0.0468. The smallest absolute Gasteiger partial charge is 0.319 e. The number of ether oxygens (including phenoxy) is 1. The van der Waals surface area contributed by atoms with Gasteiger partial charge in [-0.2, -0.15) is 0 Å². The molecule has 1 atom stereocenters. The SMILES string of the molecule is CC1=CCC[C@H]1NC(=O)Nc1ccc(Cl)c(S(=O)(=O)C(C)(C)C2COC2)c1O. The molecule has 0 unspecified atom stereocenters. The van der Waals surface area contributed by atoms with E-state index in [-0.39, 0.29) is 27.6 Å². The van der Waals surface area contributed by atoms with E-state index in [0.29, 0.717) is 13.2 Å². The van der Waals surface area contributed by atoms with Crippen LogP contribution in [0.25, 0.3) is 0 Å². The number of benzene rings is 1. The second-order valence-corrected chi connectivity index (χ2v) is 10.7. The molecule has 1 saturated heterocycles. The van der Waals surface area contributed by atoms with Gasteiger partial charge in [-0.25, -0.2) is 13.2 Å². The Morgan fingerprint density at radius 3 is 2.54 bits per heavy atom. The van der Waals surface area contributed by atoms with Crippen molar-refractivity contribution in [2.24, 2.45) is 5.92 Å². The third-order valence-electron chi connectivity index (χ3n) is 5.69. The Hall–Kier alpha value is -1.77. The number of carbonyl (C=O) groups is 1. The Bertz CT molecular complexity index is 922. The second kappa shape index (κ2) is 7.57. The highest BCUT2D eigenvalue weighted by Gasteiger charge is 2.48. The average Bonchev–Trinajstić information content (AvgIpc) is 2.92. The van der Waals surface area contributed by atoms with Crippen molar-refractivity contribution in [1.29, 1.82) is 0 Å². The fraction of sp³-hybridized carbons (Fsp3) is 0.526. The first-order valence-electron chi connectivity index (χ1n) is 9.13. The van der Waals surface area contributed by atoms with Crippen LogP contribution in [0.3, 0.4) is 0 Å². The van der Waals surface area contributed by atoms with Gasteiger partial charge in [0.2, 0.25) is 0 Å². The molecule has 0 aromatic heterocycles. The fourth-order valence-corrected chi connectivity index (χ4v) is 5.62. The minimum Gasteiger partial charge on any atom is -0.504 e. The molecule has 1 aromatic carbocycles. The zero-order chi connectivity index (χ0) is 20.7. The van der Waals surface area contributed by atoms with E-state index >= 15 is 0 Å². The summed E-state index contributed by atoms with van der Waals surface area (Å²) in [6, 6.07) is 2.15. The van der Waals surface area contributed by atoms with Crippen LogP contribution in [0.4, 0.5) is 10.5 Å². The molecule has 1 aliphatic carbocycles. The van der Waals surface area contributed by atoms with Gasteiger partial charge in [0.05, 0.1) is 34.7 Å². The van der Waals surface area contributed by atoms with Gasteiger partial charge >= 0.3 is 6.03 Å². The lowest BCUT2D eigenvalue weighted by Gasteiger charge is -2.39. The molecule has 3 N–H and O–H groups in total. The van der Waals surface area contributed by atoms with Crippen molar-refractivity contribution in [3.63, 3.8) is 0 Å². The van der Waals surface area contributed by atoms with Crippen LogP contribution in [0.2, 0.25) is 5.02 Å². The van der Waals surface area contributed by atoms with Crippen molar-refractivity contribution >= 4 is 33.2 Å². The summed E-state index contributed by atoms with van der Waals surface area (Å²) in [6.45, 7) is 5.79. The van der Waals surface area contributed by atoms with Crippen molar-refractivity contribution in [3.8, 4) is 5.75 Å². The summed E-state index contributed by atoms with van der Waals surface area (Å²) in [5, 5.41) is 15.9. The number of rotatable bonds is 5. The third kappa shape index (κ3) is 3.60. The van der Waals surface area contributed by atoms with Crippen molar-refractivity contribution in [3.05, 3.63) is 28.8 Å². The van der Waals surface area contributed by atoms with Crippen LogP contribution in [0.1, 0.15) is 33.6 Å². The molecule has 7 nitrogen and oxygen atoms in total. The summed E-state index contributed by atoms with van der Waals surface area (Å²) in [5.74, 6) is -0.764. The molecule has 28 heavy (non-hydrogen) atoms. The van der Waals surface area contributed by atoms with E-state index in [1.165, 1.54) is 12.1 Å². The lowest BCUT2D eigenvalue weighted by atomic mass is 9.93. The van der Waals surface area contributed by atoms with Gasteiger partial charge in [-0.1, -0.05) is 23.3 Å². The van der Waals surface area contributed by atoms with Gasteiger partial charge < -0.3 is 20.5 Å². The number of allylic oxidation sites excluding steroid dienone is 1. The van der Waals surface area contributed by atoms with Gasteiger partial charge in [0.25, 0.3) is 0 Å². The highest BCUT2D eigenvalue weighted by molar-refractivity contribution is 7.93. The molecule has 3 rings (SSSR count). The first-order valence-corrected chi connectivity index (χ1v) is 11.0. The Morgan fingerprint density at radius 2 is 2.00 bits per heavy atom. The summed E-state index contributed by atoms with van der Waals surface area (Å²) < 4.78 is 30.5. The van der Waals surface area contributed by atoms with Crippen molar-refractivity contribution in [2.75, 3.05) is 18.5 Å². The first-order chi connectivity index (χ1) is 13.1. The molecule has 2 amide bonds. The zero-order valence-corrected chi connectivity index (χ0v) is 17.7. The number of hydrogen-bond acceptors (Lipinski definition) is 5. The summed E-state index contributed by atoms with van der Waals surface area (Å²) in [4.78, 5) is 11.9. The molecule has 1 heterocycles. The van der Waals surface area contributed by atoms with Crippen LogP contribution in [-0.2, 0) is 14.6 Å². The van der Waals surface area contributed by atoms with Gasteiger partial charge in [-0.15, -0.1) is 0 Å². The largest absolute Gasteiger partial charge is 0.504 e. The topological polar surface area (TPSA) is 105 Å². The van der Waals surface area contributed by atoms with E-state index in [1.54, 1.807) is 13.8 Å². The average molecular weight is 429 g/mol. The minimum absolute atomic E-state index is 0.0132. The van der Waals surface area contributed by atoms with E-state index < -0.39 is 26.4 Å². The van der Waals surface area contributed by atoms with Gasteiger partial charge in [0.1, 0.15) is 4.90 Å². The van der Waals surface area contributed by atoms with Crippen LogP contribution in [0.5, 0.6) is 5.75 Å². The van der Waals surface area contributed by atoms with E-state index in [1.807, 2.05) is 6.92 Å². The third-order valence-corrected chi connectivity index (χ3v) is 8.79. The molecule has 0 spiro atoms. The maximum Gasteiger partial charge on any atom is 0.319 e. The van der Waals surface area contributed by atoms with Crippen LogP contribution in [0.15, 0.2) is 28.7 Å². The van der Waals surface area contributed by atoms with Crippen molar-refractivity contribution in [2.45, 2.75) is 49.3 Å². The number of halogens is 1. The van der Waals surface area contributed by atoms with Gasteiger partial charge in [0, 0.05) is 5.92 Å². The summed E-state index contributed by atoms with van der Waals surface area (Å²) in [7, 11) is -3.99. The number of hydrogen-bond donors (Lipinski definition) is 3. The van der Waals surface area contributed by atoms with Crippen molar-refractivity contribution in [1.82, 2.24) is 5.32 Å². The highest BCUT2D eigenvalue weighted by Crippen LogP contribution is 2.44. The number of aromatic hydroxyl groups is 1. The number of sulfone groups is 1. The monoisotopic (exact) mass is 428 g/mol. The Labute approximate surface area is 170 Å². The van der Waals surface area contributed by atoms with Gasteiger partial charge in [0.15, 0.2) is 15.6 Å². The highest BCUT2D eigenvalue weighted by atomic mass is 35.5. The van der Waals surface area contributed by atoms with E-state index in [2.05, 4.69) is 16.7 Å². The number of phenols is 1. The van der Waals surface area contributed by atoms with Crippen LogP contribution in [-0.4, -0.2) is 43.6 Å². The number of phenolic OH excluding ortho intramolecular Hbond substituents is 1. The molecule has 0 radical (unpaired) electrons. The minimum atomic E-state index is -3.99. The number of nitrogens with one attached hydrogen (secondary N) is 2. The Kier molecular flexibility index (Phi) is 5.67. The number of urea groups is 1. The van der Waals surface area contributed by atoms with Crippen LogP contribution in [0, 0.1) is 5.92 Å². The molecule has 1 aliphatic heterocycles. The molecule has 0 bridgehead atoms. The Balaban J connectivity index is 1.88. The van der Waals surface area contributed by atoms with Crippen LogP contribution < -0.4 is 10.6 Å². The molecule has 1 fully saturated rings. The van der Waals surface area contributed by atoms with E-state index in [9.17, 15) is 18.3 Å². The van der Waals surface area contributed by atoms with Gasteiger partial charge in [-0.3, -0.25) is 0 Å². The maximum absolute atomic E-state index is 13.3. The summed E-state index contributed by atoms with van der Waals surface area (Å²) >= 11 is 6.14. The first kappa shape index (κ1) is 21.0. The summed E-state index contributed by atoms with van der Waals surface area (Å²) in [6.07, 6.45) is 3.76. The van der Waals surface area contributed by atoms with E-state index in [4.69, 9.17) is 16.3 Å². The normalized spacial score (nSPS) is 20.4. The lowest BCUT2D eigenvalue weighted by Crippen LogP contribution is -2.49. The molecule has 154 valence electrons. The predicted octanol–water partition coefficient (Wildman–Crippen LogP) is 3.47. The van der Waals surface area contributed by atoms with E-state index in [0.717, 1.165) is 18.4 Å². The number of carbonyl (C=O) groups excluding carboxylic acids is 1. The zero-order valence-electron chi connectivity index (χ0n) is 16.1.